The average Bonchev–Trinajstić information content (AvgIpc) is 3.20. The maximum Gasteiger partial charge on any atom is 0.328 e. The van der Waals surface area contributed by atoms with Crippen molar-refractivity contribution in [3.8, 4) is 17.2 Å². The quantitative estimate of drug-likeness (QED) is 0.0419. The molecule has 17 heteroatoms. The number of aromatic hydroxyl groups is 3. The van der Waals surface area contributed by atoms with Crippen LogP contribution < -0.4 is 5.32 Å². The van der Waals surface area contributed by atoms with Crippen LogP contribution >= 0.6 is 0 Å². The number of esters is 1. The van der Waals surface area contributed by atoms with Crippen molar-refractivity contribution in [1.82, 2.24) is 5.32 Å². The number of Topliss-reactive ketones (excluding diaryl/α,β-unsaturated/α-hetero) is 1. The summed E-state index contributed by atoms with van der Waals surface area (Å²) in [5, 5.41) is 77.8. The molecule has 1 heterocycles. The Morgan fingerprint density at radius 2 is 1.78 bits per heavy atom. The van der Waals surface area contributed by atoms with E-state index in [9.17, 15) is 50.1 Å². The number of carbonyl (C=O) groups is 3. The third-order valence-electron chi connectivity index (χ3n) is 10.7. The fourth-order valence-electron chi connectivity index (χ4n) is 7.28. The number of amides is 1. The number of hydrogen-bond acceptors (Lipinski definition) is 16. The van der Waals surface area contributed by atoms with Crippen LogP contribution in [0.3, 0.4) is 0 Å². The third-order valence-corrected chi connectivity index (χ3v) is 10.7. The second kappa shape index (κ2) is 19.5. The fourth-order valence-corrected chi connectivity index (χ4v) is 7.28. The summed E-state index contributed by atoms with van der Waals surface area (Å²) in [6, 6.07) is 10.3. The number of nitrogens with one attached hydrogen (secondary N) is 1. The number of carbonyl (C=O) groups excluding carboxylic acids is 3. The molecule has 8 N–H and O–H groups in total. The second-order valence-electron chi connectivity index (χ2n) is 14.7. The van der Waals surface area contributed by atoms with Crippen molar-refractivity contribution in [3.05, 3.63) is 64.7 Å². The maximum absolute atomic E-state index is 14.5. The van der Waals surface area contributed by atoms with Crippen molar-refractivity contribution < 1.29 is 78.9 Å². The largest absolute Gasteiger partial charge is 0.508 e. The van der Waals surface area contributed by atoms with Crippen LogP contribution in [0.2, 0.25) is 0 Å². The summed E-state index contributed by atoms with van der Waals surface area (Å²) in [7, 11) is 1.15. The molecule has 0 spiro atoms. The highest BCUT2D eigenvalue weighted by molar-refractivity contribution is 6.11. The monoisotopic (exact) mass is 815 g/mol. The molecule has 5 rings (SSSR count). The summed E-state index contributed by atoms with van der Waals surface area (Å²) in [6.45, 7) is 5.96. The van der Waals surface area contributed by atoms with Gasteiger partial charge in [0.15, 0.2) is 18.4 Å². The van der Waals surface area contributed by atoms with Gasteiger partial charge in [0.25, 0.3) is 0 Å². The van der Waals surface area contributed by atoms with Crippen molar-refractivity contribution in [1.29, 1.82) is 0 Å². The molecular weight excluding hydrogens is 762 g/mol. The lowest BCUT2D eigenvalue weighted by atomic mass is 9.76. The van der Waals surface area contributed by atoms with Crippen molar-refractivity contribution in [2.75, 3.05) is 13.7 Å². The number of methoxy groups -OCH3 is 1. The van der Waals surface area contributed by atoms with Crippen molar-refractivity contribution in [2.24, 2.45) is 5.92 Å². The van der Waals surface area contributed by atoms with Crippen LogP contribution in [0.4, 0.5) is 0 Å². The number of rotatable bonds is 17. The Kier molecular flexibility index (Phi) is 15.1. The minimum atomic E-state index is -2.00. The standard InChI is InChI=1S/C41H53NO16/c1-6-27(44)20(3)54-30(12-13-43)58-57-29-18-31(55-21(4)35(29)47)56-39-25(36(48)40(51)42-26(41(52)53-5)14-22-10-8-7-9-11-22)16-23-15-24-17-28(45)19(2)34(46)32(24)37(49)33(23)38(39)50/h7-11,15,17,20-21,25-27,29-31,35-36,39,43-49H,6,12-14,16,18H2,1-5H3,(H,42,51)/t20?,21?,25-,26-,27-,29?,30-,31-,35+,36-,39-/m0/s1. The molecule has 3 unspecified atom stereocenters. The molecule has 1 aliphatic carbocycles. The van der Waals surface area contributed by atoms with Crippen LogP contribution in [0.25, 0.3) is 10.8 Å². The highest BCUT2D eigenvalue weighted by atomic mass is 17.2. The van der Waals surface area contributed by atoms with E-state index >= 15 is 0 Å². The molecule has 1 amide bonds. The van der Waals surface area contributed by atoms with E-state index in [1.54, 1.807) is 44.2 Å². The van der Waals surface area contributed by atoms with Gasteiger partial charge in [0.2, 0.25) is 5.91 Å². The predicted octanol–water partition coefficient (Wildman–Crippen LogP) is 1.96. The van der Waals surface area contributed by atoms with Gasteiger partial charge >= 0.3 is 5.97 Å². The van der Waals surface area contributed by atoms with E-state index in [0.717, 1.165) is 7.11 Å². The third kappa shape index (κ3) is 9.87. The Labute approximate surface area is 334 Å². The number of phenolic OH excluding ortho intramolecular Hbond substituents is 3. The summed E-state index contributed by atoms with van der Waals surface area (Å²) in [6.07, 6.45) is -11.3. The van der Waals surface area contributed by atoms with Gasteiger partial charge in [-0.1, -0.05) is 37.3 Å². The smallest absolute Gasteiger partial charge is 0.328 e. The van der Waals surface area contributed by atoms with Crippen LogP contribution in [-0.2, 0) is 51.2 Å². The van der Waals surface area contributed by atoms with Crippen molar-refractivity contribution in [2.45, 2.75) is 121 Å². The Morgan fingerprint density at radius 1 is 1.07 bits per heavy atom. The fraction of sp³-hybridized carbons (Fsp3) is 0.537. The predicted molar refractivity (Wildman–Crippen MR) is 203 cm³/mol. The van der Waals surface area contributed by atoms with Gasteiger partial charge < -0.3 is 60.0 Å². The van der Waals surface area contributed by atoms with Gasteiger partial charge in [0.1, 0.15) is 47.7 Å². The molecule has 3 aromatic rings. The summed E-state index contributed by atoms with van der Waals surface area (Å²) < 4.78 is 22.8. The molecule has 0 bridgehead atoms. The maximum atomic E-state index is 14.5. The zero-order valence-electron chi connectivity index (χ0n) is 32.9. The van der Waals surface area contributed by atoms with E-state index in [4.69, 9.17) is 28.7 Å². The Balaban J connectivity index is 1.45. The Morgan fingerprint density at radius 3 is 2.43 bits per heavy atom. The number of aliphatic hydroxyl groups excluding tert-OH is 4. The molecule has 2 aliphatic rings. The molecule has 0 aromatic heterocycles. The number of ketones is 1. The summed E-state index contributed by atoms with van der Waals surface area (Å²) >= 11 is 0. The second-order valence-corrected chi connectivity index (χ2v) is 14.7. The molecule has 0 saturated carbocycles. The van der Waals surface area contributed by atoms with E-state index in [1.165, 1.54) is 26.0 Å². The van der Waals surface area contributed by atoms with Crippen LogP contribution in [0, 0.1) is 12.8 Å². The molecule has 1 aliphatic heterocycles. The zero-order chi connectivity index (χ0) is 42.4. The highest BCUT2D eigenvalue weighted by Crippen LogP contribution is 2.46. The molecular formula is C41H53NO16. The summed E-state index contributed by atoms with van der Waals surface area (Å²) in [5.41, 5.74) is 0.654. The summed E-state index contributed by atoms with van der Waals surface area (Å²) in [4.78, 5) is 52.2. The molecule has 58 heavy (non-hydrogen) atoms. The van der Waals surface area contributed by atoms with Gasteiger partial charge in [-0.3, -0.25) is 9.59 Å². The van der Waals surface area contributed by atoms with Crippen molar-refractivity contribution in [3.63, 3.8) is 0 Å². The Bertz CT molecular complexity index is 1910. The first-order chi connectivity index (χ1) is 27.6. The normalized spacial score (nSPS) is 24.7. The minimum absolute atomic E-state index is 0.0203. The summed E-state index contributed by atoms with van der Waals surface area (Å²) in [5.74, 6) is -5.41. The van der Waals surface area contributed by atoms with E-state index < -0.39 is 96.4 Å². The van der Waals surface area contributed by atoms with E-state index in [2.05, 4.69) is 5.32 Å². The molecule has 1 saturated heterocycles. The van der Waals surface area contributed by atoms with Gasteiger partial charge in [-0.25, -0.2) is 14.6 Å². The van der Waals surface area contributed by atoms with Crippen LogP contribution in [-0.4, -0.2) is 128 Å². The van der Waals surface area contributed by atoms with E-state index in [0.29, 0.717) is 12.0 Å². The molecule has 17 nitrogen and oxygen atoms in total. The average molecular weight is 816 g/mol. The van der Waals surface area contributed by atoms with Gasteiger partial charge in [0.05, 0.1) is 36.4 Å². The van der Waals surface area contributed by atoms with Gasteiger partial charge in [-0.05, 0) is 62.3 Å². The van der Waals surface area contributed by atoms with Crippen molar-refractivity contribution >= 4 is 28.4 Å². The topological polar surface area (TPSA) is 260 Å². The number of phenols is 3. The van der Waals surface area contributed by atoms with E-state index in [1.807, 2.05) is 0 Å². The molecule has 318 valence electrons. The number of ether oxygens (including phenoxy) is 4. The molecule has 0 radical (unpaired) electrons. The number of fused-ring (bicyclic) bond motifs is 2. The lowest BCUT2D eigenvalue weighted by molar-refractivity contribution is -0.430. The Hall–Kier alpha value is -4.43. The van der Waals surface area contributed by atoms with Gasteiger partial charge in [-0.15, -0.1) is 0 Å². The van der Waals surface area contributed by atoms with Crippen LogP contribution in [0.15, 0.2) is 42.5 Å². The lowest BCUT2D eigenvalue weighted by Gasteiger charge is -2.41. The molecule has 3 aromatic carbocycles. The van der Waals surface area contributed by atoms with Gasteiger partial charge in [0, 0.05) is 37.4 Å². The number of hydrogen-bond donors (Lipinski definition) is 8. The van der Waals surface area contributed by atoms with Crippen LogP contribution in [0.5, 0.6) is 17.2 Å². The first-order valence-corrected chi connectivity index (χ1v) is 19.2. The van der Waals surface area contributed by atoms with Gasteiger partial charge in [-0.2, -0.15) is 0 Å². The number of benzene rings is 3. The lowest BCUT2D eigenvalue weighted by Crippen LogP contribution is -2.56. The number of aliphatic hydroxyl groups is 4. The first kappa shape index (κ1) is 44.7. The van der Waals surface area contributed by atoms with Crippen LogP contribution in [0.1, 0.15) is 67.1 Å². The molecule has 1 fully saturated rings. The minimum Gasteiger partial charge on any atom is -0.508 e. The highest BCUT2D eigenvalue weighted by Gasteiger charge is 2.48. The zero-order valence-corrected chi connectivity index (χ0v) is 32.9. The SMILES string of the molecule is CC[C@H](O)C(C)O[C@H](CCO)OOC1C[C@H](O[C@@H]2C(=O)c3c(cc4cc(O)c(C)c(O)c4c3O)C[C@H]2[C@H](O)C(=O)N[C@@H](Cc2ccccc2)C(=O)OC)OC(C)[C@H]1O. The first-order valence-electron chi connectivity index (χ1n) is 19.2. The van der Waals surface area contributed by atoms with E-state index in [-0.39, 0.29) is 65.5 Å². The molecule has 11 atom stereocenters.